The maximum Gasteiger partial charge on any atom is 0.211 e. The smallest absolute Gasteiger partial charge is 0.211 e. The van der Waals surface area contributed by atoms with Gasteiger partial charge in [-0.3, -0.25) is 4.90 Å². The van der Waals surface area contributed by atoms with Crippen LogP contribution >= 0.6 is 27.3 Å². The molecule has 110 valence electrons. The molecule has 0 saturated carbocycles. The van der Waals surface area contributed by atoms with E-state index < -0.39 is 0 Å². The Hall–Kier alpha value is -0.650. The molecule has 2 rings (SSSR count). The van der Waals surface area contributed by atoms with Gasteiger partial charge in [-0.2, -0.15) is 0 Å². The number of halogens is 1. The molecule has 0 amide bonds. The zero-order valence-corrected chi connectivity index (χ0v) is 15.0. The van der Waals surface area contributed by atoms with Crippen LogP contribution in [0.25, 0.3) is 0 Å². The Bertz CT molecular complexity index is 570. The van der Waals surface area contributed by atoms with Crippen LogP contribution in [0.15, 0.2) is 26.5 Å². The van der Waals surface area contributed by atoms with Crippen LogP contribution in [-0.2, 0) is 12.0 Å². The molecule has 5 heteroatoms. The summed E-state index contributed by atoms with van der Waals surface area (Å²) in [5, 5.41) is 2.11. The summed E-state index contributed by atoms with van der Waals surface area (Å²) in [4.78, 5) is 8.01. The SMILES string of the molecule is C[C@@H](c1ncc(C(C)(C)C)o1)N(C)Cc1cc(Br)cs1. The van der Waals surface area contributed by atoms with E-state index in [0.29, 0.717) is 0 Å². The van der Waals surface area contributed by atoms with Gasteiger partial charge in [0.05, 0.1) is 12.2 Å². The third-order valence-corrected chi connectivity index (χ3v) is 4.99. The number of thiophene rings is 1. The Morgan fingerprint density at radius 3 is 2.65 bits per heavy atom. The third kappa shape index (κ3) is 3.71. The van der Waals surface area contributed by atoms with E-state index in [1.807, 2.05) is 6.20 Å². The molecule has 0 aliphatic carbocycles. The fraction of sp³-hybridized carbons (Fsp3) is 0.533. The molecule has 0 aliphatic rings. The normalized spacial score (nSPS) is 13.9. The van der Waals surface area contributed by atoms with E-state index in [4.69, 9.17) is 4.42 Å². The standard InChI is InChI=1S/C15H21BrN2OS/c1-10(14-17-7-13(19-14)15(2,3)4)18(5)8-12-6-11(16)9-20-12/h6-7,9-10H,8H2,1-5H3/t10-/m0/s1. The Morgan fingerprint density at radius 2 is 2.15 bits per heavy atom. The van der Waals surface area contributed by atoms with Gasteiger partial charge in [0.2, 0.25) is 5.89 Å². The second-order valence-corrected chi connectivity index (χ2v) is 8.05. The summed E-state index contributed by atoms with van der Waals surface area (Å²) in [5.74, 6) is 1.72. The van der Waals surface area contributed by atoms with Crippen LogP contribution < -0.4 is 0 Å². The van der Waals surface area contributed by atoms with Gasteiger partial charge in [0.25, 0.3) is 0 Å². The quantitative estimate of drug-likeness (QED) is 0.772. The van der Waals surface area contributed by atoms with Crippen molar-refractivity contribution in [2.45, 2.75) is 45.7 Å². The van der Waals surface area contributed by atoms with Crippen LogP contribution in [0.2, 0.25) is 0 Å². The van der Waals surface area contributed by atoms with Gasteiger partial charge in [-0.25, -0.2) is 4.98 Å². The zero-order chi connectivity index (χ0) is 14.9. The third-order valence-electron chi connectivity index (χ3n) is 3.31. The number of hydrogen-bond acceptors (Lipinski definition) is 4. The Morgan fingerprint density at radius 1 is 1.45 bits per heavy atom. The first-order valence-corrected chi connectivity index (χ1v) is 8.34. The molecule has 0 spiro atoms. The average Bonchev–Trinajstić information content (AvgIpc) is 2.96. The molecule has 2 aromatic rings. The highest BCUT2D eigenvalue weighted by Crippen LogP contribution is 2.28. The molecule has 2 heterocycles. The molecule has 0 aromatic carbocycles. The van der Waals surface area contributed by atoms with Crippen molar-refractivity contribution in [3.8, 4) is 0 Å². The van der Waals surface area contributed by atoms with Crippen molar-refractivity contribution in [2.75, 3.05) is 7.05 Å². The maximum atomic E-state index is 5.92. The van der Waals surface area contributed by atoms with Crippen LogP contribution in [0, 0.1) is 0 Å². The number of aromatic nitrogens is 1. The summed E-state index contributed by atoms with van der Waals surface area (Å²) in [5.41, 5.74) is 0.00214. The van der Waals surface area contributed by atoms with E-state index >= 15 is 0 Å². The van der Waals surface area contributed by atoms with Gasteiger partial charge in [0.15, 0.2) is 0 Å². The Balaban J connectivity index is 2.06. The van der Waals surface area contributed by atoms with Crippen molar-refractivity contribution in [3.63, 3.8) is 0 Å². The maximum absolute atomic E-state index is 5.92. The van der Waals surface area contributed by atoms with E-state index in [-0.39, 0.29) is 11.5 Å². The average molecular weight is 357 g/mol. The highest BCUT2D eigenvalue weighted by atomic mass is 79.9. The molecule has 2 aromatic heterocycles. The van der Waals surface area contributed by atoms with Gasteiger partial charge < -0.3 is 4.42 Å². The van der Waals surface area contributed by atoms with Crippen molar-refractivity contribution in [2.24, 2.45) is 0 Å². The zero-order valence-electron chi connectivity index (χ0n) is 12.6. The Kier molecular flexibility index (Phi) is 4.72. The molecule has 0 fully saturated rings. The second-order valence-electron chi connectivity index (χ2n) is 6.14. The summed E-state index contributed by atoms with van der Waals surface area (Å²) in [6, 6.07) is 2.32. The van der Waals surface area contributed by atoms with Crippen LogP contribution in [0.4, 0.5) is 0 Å². The van der Waals surface area contributed by atoms with E-state index in [0.717, 1.165) is 22.7 Å². The van der Waals surface area contributed by atoms with E-state index in [9.17, 15) is 0 Å². The minimum Gasteiger partial charge on any atom is -0.443 e. The van der Waals surface area contributed by atoms with Gasteiger partial charge in [-0.1, -0.05) is 20.8 Å². The van der Waals surface area contributed by atoms with Crippen molar-refractivity contribution >= 4 is 27.3 Å². The lowest BCUT2D eigenvalue weighted by atomic mass is 9.94. The van der Waals surface area contributed by atoms with Gasteiger partial charge in [-0.05, 0) is 36.0 Å². The Labute approximate surface area is 133 Å². The molecule has 0 saturated heterocycles. The summed E-state index contributed by atoms with van der Waals surface area (Å²) in [7, 11) is 2.10. The van der Waals surface area contributed by atoms with E-state index in [1.54, 1.807) is 11.3 Å². The van der Waals surface area contributed by atoms with Crippen LogP contribution in [0.3, 0.4) is 0 Å². The molecular weight excluding hydrogens is 336 g/mol. The minimum atomic E-state index is 0.00214. The summed E-state index contributed by atoms with van der Waals surface area (Å²) >= 11 is 5.25. The van der Waals surface area contributed by atoms with Gasteiger partial charge in [0, 0.05) is 26.7 Å². The van der Waals surface area contributed by atoms with E-state index in [1.165, 1.54) is 4.88 Å². The van der Waals surface area contributed by atoms with Crippen LogP contribution in [-0.4, -0.2) is 16.9 Å². The second kappa shape index (κ2) is 6.00. The topological polar surface area (TPSA) is 29.3 Å². The molecule has 0 radical (unpaired) electrons. The number of oxazole rings is 1. The first kappa shape index (κ1) is 15.7. The molecular formula is C15H21BrN2OS. The van der Waals surface area contributed by atoms with E-state index in [2.05, 4.69) is 72.0 Å². The highest BCUT2D eigenvalue weighted by Gasteiger charge is 2.23. The molecule has 3 nitrogen and oxygen atoms in total. The van der Waals surface area contributed by atoms with Crippen LogP contribution in [0.5, 0.6) is 0 Å². The largest absolute Gasteiger partial charge is 0.443 e. The fourth-order valence-electron chi connectivity index (χ4n) is 1.84. The highest BCUT2D eigenvalue weighted by molar-refractivity contribution is 9.10. The lowest BCUT2D eigenvalue weighted by Crippen LogP contribution is -2.21. The lowest BCUT2D eigenvalue weighted by Gasteiger charge is -2.21. The summed E-state index contributed by atoms with van der Waals surface area (Å²) < 4.78 is 7.06. The number of nitrogens with zero attached hydrogens (tertiary/aromatic N) is 2. The first-order chi connectivity index (χ1) is 9.27. The monoisotopic (exact) mass is 356 g/mol. The lowest BCUT2D eigenvalue weighted by molar-refractivity contribution is 0.211. The molecule has 1 atom stereocenters. The minimum absolute atomic E-state index is 0.00214. The molecule has 0 aliphatic heterocycles. The van der Waals surface area contributed by atoms with Crippen molar-refractivity contribution < 1.29 is 4.42 Å². The van der Waals surface area contributed by atoms with Gasteiger partial charge >= 0.3 is 0 Å². The fourth-order valence-corrected chi connectivity index (χ4v) is 3.35. The van der Waals surface area contributed by atoms with Crippen molar-refractivity contribution in [3.05, 3.63) is 38.6 Å². The summed E-state index contributed by atoms with van der Waals surface area (Å²) in [6.07, 6.45) is 1.85. The predicted octanol–water partition coefficient (Wildman–Crippen LogP) is 4.99. The van der Waals surface area contributed by atoms with Crippen molar-refractivity contribution in [1.29, 1.82) is 0 Å². The molecule has 0 bridgehead atoms. The molecule has 20 heavy (non-hydrogen) atoms. The molecule has 0 N–H and O–H groups in total. The summed E-state index contributed by atoms with van der Waals surface area (Å²) in [6.45, 7) is 9.42. The van der Waals surface area contributed by atoms with Gasteiger partial charge in [0.1, 0.15) is 5.76 Å². The number of hydrogen-bond donors (Lipinski definition) is 0. The number of rotatable bonds is 4. The predicted molar refractivity (Wildman–Crippen MR) is 87.1 cm³/mol. The van der Waals surface area contributed by atoms with Crippen molar-refractivity contribution in [1.82, 2.24) is 9.88 Å². The molecule has 0 unspecified atom stereocenters. The first-order valence-electron chi connectivity index (χ1n) is 6.66. The van der Waals surface area contributed by atoms with Gasteiger partial charge in [-0.15, -0.1) is 11.3 Å². The van der Waals surface area contributed by atoms with Crippen LogP contribution in [0.1, 0.15) is 50.3 Å².